The highest BCUT2D eigenvalue weighted by Gasteiger charge is 2.16. The van der Waals surface area contributed by atoms with Crippen molar-refractivity contribution in [3.05, 3.63) is 34.9 Å². The SMILES string of the molecule is CCCNC(CCN1CCCOCC1)c1ccccc1Cl. The van der Waals surface area contributed by atoms with Crippen LogP contribution in [-0.4, -0.2) is 44.3 Å². The number of hydrogen-bond donors (Lipinski definition) is 1. The summed E-state index contributed by atoms with van der Waals surface area (Å²) in [4.78, 5) is 2.50. The zero-order valence-corrected chi connectivity index (χ0v) is 13.7. The van der Waals surface area contributed by atoms with Crippen LogP contribution in [0.5, 0.6) is 0 Å². The van der Waals surface area contributed by atoms with Crippen molar-refractivity contribution < 1.29 is 4.74 Å². The van der Waals surface area contributed by atoms with Gasteiger partial charge in [0.25, 0.3) is 0 Å². The molecule has 1 atom stereocenters. The van der Waals surface area contributed by atoms with Crippen molar-refractivity contribution in [2.45, 2.75) is 32.2 Å². The molecule has 118 valence electrons. The molecule has 0 amide bonds. The maximum Gasteiger partial charge on any atom is 0.0593 e. The van der Waals surface area contributed by atoms with E-state index in [9.17, 15) is 0 Å². The van der Waals surface area contributed by atoms with E-state index in [0.717, 1.165) is 63.7 Å². The molecule has 0 aromatic heterocycles. The second kappa shape index (κ2) is 9.42. The Hall–Kier alpha value is -0.610. The molecule has 0 saturated carbocycles. The van der Waals surface area contributed by atoms with Crippen molar-refractivity contribution in [1.82, 2.24) is 10.2 Å². The molecule has 1 aliphatic rings. The zero-order valence-electron chi connectivity index (χ0n) is 13.0. The highest BCUT2D eigenvalue weighted by atomic mass is 35.5. The molecule has 0 bridgehead atoms. The predicted molar refractivity (Wildman–Crippen MR) is 89.0 cm³/mol. The second-order valence-electron chi connectivity index (χ2n) is 5.62. The number of hydrogen-bond acceptors (Lipinski definition) is 3. The van der Waals surface area contributed by atoms with Gasteiger partial charge in [-0.3, -0.25) is 0 Å². The van der Waals surface area contributed by atoms with Gasteiger partial charge in [0.1, 0.15) is 0 Å². The van der Waals surface area contributed by atoms with E-state index in [4.69, 9.17) is 16.3 Å². The van der Waals surface area contributed by atoms with Gasteiger partial charge < -0.3 is 15.0 Å². The number of benzene rings is 1. The highest BCUT2D eigenvalue weighted by Crippen LogP contribution is 2.25. The molecule has 0 aliphatic carbocycles. The molecule has 1 aromatic carbocycles. The van der Waals surface area contributed by atoms with E-state index in [-0.39, 0.29) is 0 Å². The molecular formula is C17H27ClN2O. The van der Waals surface area contributed by atoms with Crippen molar-refractivity contribution in [2.24, 2.45) is 0 Å². The Morgan fingerprint density at radius 2 is 2.14 bits per heavy atom. The second-order valence-corrected chi connectivity index (χ2v) is 6.03. The molecule has 4 heteroatoms. The standard InChI is InChI=1S/C17H27ClN2O/c1-2-9-19-17(15-6-3-4-7-16(15)18)8-11-20-10-5-13-21-14-12-20/h3-4,6-7,17,19H,2,5,8-14H2,1H3. The molecule has 1 N–H and O–H groups in total. The summed E-state index contributed by atoms with van der Waals surface area (Å²) in [7, 11) is 0. The van der Waals surface area contributed by atoms with E-state index in [1.54, 1.807) is 0 Å². The zero-order chi connectivity index (χ0) is 14.9. The van der Waals surface area contributed by atoms with Gasteiger partial charge in [-0.05, 0) is 37.4 Å². The maximum atomic E-state index is 6.37. The summed E-state index contributed by atoms with van der Waals surface area (Å²) in [6, 6.07) is 8.53. The van der Waals surface area contributed by atoms with Gasteiger partial charge in [-0.1, -0.05) is 36.7 Å². The molecule has 3 nitrogen and oxygen atoms in total. The van der Waals surface area contributed by atoms with Crippen molar-refractivity contribution >= 4 is 11.6 Å². The third kappa shape index (κ3) is 5.59. The molecule has 2 rings (SSSR count). The van der Waals surface area contributed by atoms with Crippen LogP contribution >= 0.6 is 11.6 Å². The first kappa shape index (κ1) is 16.8. The van der Waals surface area contributed by atoms with Crippen LogP contribution in [0.1, 0.15) is 37.8 Å². The van der Waals surface area contributed by atoms with Crippen LogP contribution in [0.3, 0.4) is 0 Å². The van der Waals surface area contributed by atoms with Crippen LogP contribution in [0.25, 0.3) is 0 Å². The van der Waals surface area contributed by atoms with Crippen LogP contribution in [0.2, 0.25) is 5.02 Å². The smallest absolute Gasteiger partial charge is 0.0593 e. The summed E-state index contributed by atoms with van der Waals surface area (Å²) in [6.45, 7) is 8.27. The van der Waals surface area contributed by atoms with Gasteiger partial charge in [-0.2, -0.15) is 0 Å². The van der Waals surface area contributed by atoms with Crippen LogP contribution in [-0.2, 0) is 4.74 Å². The van der Waals surface area contributed by atoms with E-state index >= 15 is 0 Å². The van der Waals surface area contributed by atoms with E-state index in [2.05, 4.69) is 29.3 Å². The topological polar surface area (TPSA) is 24.5 Å². The first-order valence-electron chi connectivity index (χ1n) is 8.09. The molecule has 1 aromatic rings. The van der Waals surface area contributed by atoms with Gasteiger partial charge in [0, 0.05) is 37.3 Å². The lowest BCUT2D eigenvalue weighted by atomic mass is 10.0. The number of rotatable bonds is 7. The minimum absolute atomic E-state index is 0.336. The van der Waals surface area contributed by atoms with Gasteiger partial charge in [0.05, 0.1) is 6.61 Å². The lowest BCUT2D eigenvalue weighted by molar-refractivity contribution is 0.140. The third-order valence-electron chi connectivity index (χ3n) is 3.97. The molecule has 1 saturated heterocycles. The van der Waals surface area contributed by atoms with Gasteiger partial charge >= 0.3 is 0 Å². The van der Waals surface area contributed by atoms with Gasteiger partial charge in [0.2, 0.25) is 0 Å². The average molecular weight is 311 g/mol. The first-order valence-corrected chi connectivity index (χ1v) is 8.47. The van der Waals surface area contributed by atoms with E-state index in [1.807, 2.05) is 12.1 Å². The third-order valence-corrected chi connectivity index (χ3v) is 4.31. The van der Waals surface area contributed by atoms with Crippen molar-refractivity contribution in [1.29, 1.82) is 0 Å². The monoisotopic (exact) mass is 310 g/mol. The summed E-state index contributed by atoms with van der Waals surface area (Å²) >= 11 is 6.37. The Kier molecular flexibility index (Phi) is 7.51. The van der Waals surface area contributed by atoms with Gasteiger partial charge in [0.15, 0.2) is 0 Å². The molecule has 1 unspecified atom stereocenters. The quantitative estimate of drug-likeness (QED) is 0.834. The van der Waals surface area contributed by atoms with Crippen molar-refractivity contribution in [3.63, 3.8) is 0 Å². The van der Waals surface area contributed by atoms with Gasteiger partial charge in [-0.25, -0.2) is 0 Å². The summed E-state index contributed by atoms with van der Waals surface area (Å²) in [5.74, 6) is 0. The summed E-state index contributed by atoms with van der Waals surface area (Å²) in [5, 5.41) is 4.51. The fourth-order valence-corrected chi connectivity index (χ4v) is 3.04. The molecule has 0 radical (unpaired) electrons. The Balaban J connectivity index is 1.94. The van der Waals surface area contributed by atoms with Crippen molar-refractivity contribution in [2.75, 3.05) is 39.4 Å². The Morgan fingerprint density at radius 1 is 1.29 bits per heavy atom. The fraction of sp³-hybridized carbons (Fsp3) is 0.647. The molecule has 0 spiro atoms. The van der Waals surface area contributed by atoms with E-state index in [1.165, 1.54) is 5.56 Å². The van der Waals surface area contributed by atoms with Crippen LogP contribution < -0.4 is 5.32 Å². The first-order chi connectivity index (χ1) is 10.3. The Morgan fingerprint density at radius 3 is 2.95 bits per heavy atom. The predicted octanol–water partition coefficient (Wildman–Crippen LogP) is 3.49. The largest absolute Gasteiger partial charge is 0.380 e. The highest BCUT2D eigenvalue weighted by molar-refractivity contribution is 6.31. The average Bonchev–Trinajstić information content (AvgIpc) is 2.77. The minimum Gasteiger partial charge on any atom is -0.380 e. The summed E-state index contributed by atoms with van der Waals surface area (Å²) in [6.07, 6.45) is 3.36. The lowest BCUT2D eigenvalue weighted by Gasteiger charge is -2.25. The van der Waals surface area contributed by atoms with Crippen LogP contribution in [0, 0.1) is 0 Å². The molecule has 21 heavy (non-hydrogen) atoms. The molecule has 1 aliphatic heterocycles. The number of nitrogens with one attached hydrogen (secondary N) is 1. The Labute approximate surface area is 133 Å². The van der Waals surface area contributed by atoms with E-state index < -0.39 is 0 Å². The number of ether oxygens (including phenoxy) is 1. The molecule has 1 heterocycles. The maximum absolute atomic E-state index is 6.37. The Bertz CT molecular complexity index is 406. The number of nitrogens with zero attached hydrogens (tertiary/aromatic N) is 1. The van der Waals surface area contributed by atoms with Crippen LogP contribution in [0.4, 0.5) is 0 Å². The summed E-state index contributed by atoms with van der Waals surface area (Å²) < 4.78 is 5.52. The lowest BCUT2D eigenvalue weighted by Crippen LogP contribution is -2.31. The number of halogens is 1. The van der Waals surface area contributed by atoms with Gasteiger partial charge in [-0.15, -0.1) is 0 Å². The van der Waals surface area contributed by atoms with Crippen molar-refractivity contribution in [3.8, 4) is 0 Å². The van der Waals surface area contributed by atoms with Crippen LogP contribution in [0.15, 0.2) is 24.3 Å². The summed E-state index contributed by atoms with van der Waals surface area (Å²) in [5.41, 5.74) is 1.22. The minimum atomic E-state index is 0.336. The van der Waals surface area contributed by atoms with E-state index in [0.29, 0.717) is 6.04 Å². The normalized spacial score (nSPS) is 18.4. The molecular weight excluding hydrogens is 284 g/mol. The fourth-order valence-electron chi connectivity index (χ4n) is 2.78. The molecule has 1 fully saturated rings.